The Kier molecular flexibility index (Phi) is 6.43. The summed E-state index contributed by atoms with van der Waals surface area (Å²) in [5.41, 5.74) is 1.01. The number of nitrogens with one attached hydrogen (secondary N) is 1. The number of carboxylic acids is 1. The number of aromatic amines is 1. The van der Waals surface area contributed by atoms with Gasteiger partial charge in [-0.15, -0.1) is 0 Å². The van der Waals surface area contributed by atoms with E-state index in [4.69, 9.17) is 9.26 Å². The molecule has 1 aromatic heterocycles. The summed E-state index contributed by atoms with van der Waals surface area (Å²) in [6.07, 6.45) is 1.66. The van der Waals surface area contributed by atoms with Crippen LogP contribution in [-0.2, 0) is 16.1 Å². The van der Waals surface area contributed by atoms with Crippen LogP contribution in [0.4, 0.5) is 5.69 Å². The Morgan fingerprint density at radius 2 is 1.82 bits per heavy atom. The Balaban J connectivity index is 1.57. The Labute approximate surface area is 189 Å². The molecule has 0 unspecified atom stereocenters. The topological polar surface area (TPSA) is 120 Å². The molecule has 1 aliphatic rings. The van der Waals surface area contributed by atoms with Gasteiger partial charge in [-0.05, 0) is 47.1 Å². The van der Waals surface area contributed by atoms with Gasteiger partial charge in [0.15, 0.2) is 0 Å². The van der Waals surface area contributed by atoms with Crippen LogP contribution in [0.1, 0.15) is 18.5 Å². The van der Waals surface area contributed by atoms with Gasteiger partial charge in [0.2, 0.25) is 11.6 Å². The number of rotatable bonds is 10. The molecular formula is C23H25N4O6+. The van der Waals surface area contributed by atoms with E-state index in [0.717, 1.165) is 12.8 Å². The SMILES string of the molecule is COc1ccc(N(CC(=O)O)CC(=O)N(Cc2c(=O)o[nH][n+]2-c2ccccc2)C2CC2)cc1. The van der Waals surface area contributed by atoms with E-state index in [1.807, 2.05) is 30.3 Å². The maximum atomic E-state index is 13.3. The van der Waals surface area contributed by atoms with Crippen molar-refractivity contribution in [3.8, 4) is 11.4 Å². The number of benzene rings is 2. The third kappa shape index (κ3) is 5.22. The monoisotopic (exact) mass is 453 g/mol. The van der Waals surface area contributed by atoms with Gasteiger partial charge in [-0.2, -0.15) is 0 Å². The number of H-pyrrole nitrogens is 1. The fraction of sp³-hybridized carbons (Fsp3) is 0.304. The number of hydrogen-bond acceptors (Lipinski definition) is 6. The number of hydrogen-bond donors (Lipinski definition) is 2. The second-order valence-corrected chi connectivity index (χ2v) is 7.80. The molecule has 0 bridgehead atoms. The molecule has 10 heteroatoms. The molecule has 1 saturated carbocycles. The molecular weight excluding hydrogens is 428 g/mol. The molecule has 4 rings (SSSR count). The molecule has 1 aliphatic carbocycles. The highest BCUT2D eigenvalue weighted by molar-refractivity contribution is 5.84. The van der Waals surface area contributed by atoms with Crippen LogP contribution in [0.5, 0.6) is 5.75 Å². The zero-order valence-electron chi connectivity index (χ0n) is 18.1. The predicted octanol–water partition coefficient (Wildman–Crippen LogP) is 1.34. The minimum atomic E-state index is -1.05. The summed E-state index contributed by atoms with van der Waals surface area (Å²) in [6.45, 7) is -0.434. The zero-order valence-corrected chi connectivity index (χ0v) is 18.1. The number of para-hydroxylation sites is 1. The largest absolute Gasteiger partial charge is 0.497 e. The van der Waals surface area contributed by atoms with E-state index in [1.165, 1.54) is 9.58 Å². The normalized spacial score (nSPS) is 12.9. The fourth-order valence-electron chi connectivity index (χ4n) is 3.63. The smallest absolute Gasteiger partial charge is 0.432 e. The Bertz CT molecular complexity index is 1170. The third-order valence-corrected chi connectivity index (χ3v) is 5.47. The van der Waals surface area contributed by atoms with E-state index in [0.29, 0.717) is 17.1 Å². The van der Waals surface area contributed by atoms with Crippen molar-refractivity contribution in [2.75, 3.05) is 25.1 Å². The van der Waals surface area contributed by atoms with Gasteiger partial charge in [0.25, 0.3) is 0 Å². The van der Waals surface area contributed by atoms with Gasteiger partial charge in [0.05, 0.1) is 13.7 Å². The summed E-state index contributed by atoms with van der Waals surface area (Å²) in [5, 5.41) is 12.0. The number of methoxy groups -OCH3 is 1. The van der Waals surface area contributed by atoms with E-state index >= 15 is 0 Å². The number of carbonyl (C=O) groups is 2. The van der Waals surface area contributed by atoms with Crippen LogP contribution in [0.2, 0.25) is 0 Å². The van der Waals surface area contributed by atoms with Gasteiger partial charge in [-0.1, -0.05) is 18.2 Å². The van der Waals surface area contributed by atoms with E-state index in [-0.39, 0.29) is 37.3 Å². The van der Waals surface area contributed by atoms with E-state index in [1.54, 1.807) is 36.3 Å². The van der Waals surface area contributed by atoms with Gasteiger partial charge >= 0.3 is 17.3 Å². The molecule has 0 atom stereocenters. The lowest BCUT2D eigenvalue weighted by Gasteiger charge is -2.27. The first-order chi connectivity index (χ1) is 16.0. The highest BCUT2D eigenvalue weighted by Crippen LogP contribution is 2.28. The summed E-state index contributed by atoms with van der Waals surface area (Å²) in [7, 11) is 1.54. The number of amides is 1. The van der Waals surface area contributed by atoms with Crippen LogP contribution in [-0.4, -0.2) is 53.4 Å². The second kappa shape index (κ2) is 9.60. The number of nitrogens with zero attached hydrogens (tertiary/aromatic N) is 3. The first-order valence-corrected chi connectivity index (χ1v) is 10.5. The molecule has 0 saturated heterocycles. The molecule has 1 amide bonds. The van der Waals surface area contributed by atoms with Crippen LogP contribution in [0.15, 0.2) is 63.9 Å². The lowest BCUT2D eigenvalue weighted by atomic mass is 10.2. The number of aliphatic carboxylic acids is 1. The van der Waals surface area contributed by atoms with E-state index in [9.17, 15) is 19.5 Å². The van der Waals surface area contributed by atoms with Gasteiger partial charge in [0, 0.05) is 23.9 Å². The van der Waals surface area contributed by atoms with Crippen molar-refractivity contribution in [3.05, 3.63) is 70.7 Å². The lowest BCUT2D eigenvalue weighted by molar-refractivity contribution is -0.678. The van der Waals surface area contributed by atoms with Crippen molar-refractivity contribution < 1.29 is 28.6 Å². The zero-order chi connectivity index (χ0) is 23.4. The van der Waals surface area contributed by atoms with Crippen LogP contribution >= 0.6 is 0 Å². The van der Waals surface area contributed by atoms with Crippen molar-refractivity contribution in [1.29, 1.82) is 0 Å². The van der Waals surface area contributed by atoms with Gasteiger partial charge in [-0.25, -0.2) is 4.79 Å². The van der Waals surface area contributed by atoms with Crippen molar-refractivity contribution in [1.82, 2.24) is 10.2 Å². The molecule has 33 heavy (non-hydrogen) atoms. The number of ether oxygens (including phenoxy) is 1. The van der Waals surface area contributed by atoms with Crippen molar-refractivity contribution in [2.45, 2.75) is 25.4 Å². The minimum Gasteiger partial charge on any atom is -0.497 e. The molecule has 0 aliphatic heterocycles. The van der Waals surface area contributed by atoms with E-state index < -0.39 is 11.6 Å². The highest BCUT2D eigenvalue weighted by Gasteiger charge is 2.37. The van der Waals surface area contributed by atoms with Crippen molar-refractivity contribution >= 4 is 17.6 Å². The molecule has 1 fully saturated rings. The van der Waals surface area contributed by atoms with Gasteiger partial charge in [-0.3, -0.25) is 14.1 Å². The van der Waals surface area contributed by atoms with Gasteiger partial charge in [0.1, 0.15) is 18.8 Å². The maximum Gasteiger partial charge on any atom is 0.432 e. The first-order valence-electron chi connectivity index (χ1n) is 10.5. The molecule has 0 radical (unpaired) electrons. The summed E-state index contributed by atoms with van der Waals surface area (Å²) in [5.74, 6) is -0.691. The molecule has 1 heterocycles. The van der Waals surface area contributed by atoms with Crippen LogP contribution < -0.4 is 19.9 Å². The first kappa shape index (κ1) is 22.1. The van der Waals surface area contributed by atoms with Gasteiger partial charge < -0.3 is 19.6 Å². The molecule has 3 aromatic rings. The Hall–Kier alpha value is -4.08. The average Bonchev–Trinajstić information content (AvgIpc) is 3.59. The molecule has 2 aromatic carbocycles. The Morgan fingerprint density at radius 3 is 2.42 bits per heavy atom. The molecule has 10 nitrogen and oxygen atoms in total. The van der Waals surface area contributed by atoms with Crippen LogP contribution in [0, 0.1) is 0 Å². The highest BCUT2D eigenvalue weighted by atomic mass is 16.5. The Morgan fingerprint density at radius 1 is 1.12 bits per heavy atom. The van der Waals surface area contributed by atoms with Crippen molar-refractivity contribution in [2.24, 2.45) is 0 Å². The fourth-order valence-corrected chi connectivity index (χ4v) is 3.63. The summed E-state index contributed by atoms with van der Waals surface area (Å²) >= 11 is 0. The number of anilines is 1. The standard InChI is InChI=1S/C23H24N4O6/c1-32-19-11-9-16(10-12-19)25(15-22(29)30)14-21(28)26(17-7-8-17)13-20-23(31)33-24-27(20)18-5-3-2-4-6-18/h2-6,9-12,17H,7-8,13-15H2,1H3,(H-,24,29,30,31)/p+1. The van der Waals surface area contributed by atoms with Crippen LogP contribution in [0.3, 0.4) is 0 Å². The molecule has 2 N–H and O–H groups in total. The summed E-state index contributed by atoms with van der Waals surface area (Å²) in [6, 6.07) is 16.0. The average molecular weight is 453 g/mol. The predicted molar refractivity (Wildman–Crippen MR) is 117 cm³/mol. The maximum absolute atomic E-state index is 13.3. The summed E-state index contributed by atoms with van der Waals surface area (Å²) < 4.78 is 11.7. The summed E-state index contributed by atoms with van der Waals surface area (Å²) in [4.78, 5) is 40.3. The number of carboxylic acid groups (broad SMARTS) is 1. The number of carbonyl (C=O) groups excluding carboxylic acids is 1. The lowest BCUT2D eigenvalue weighted by Crippen LogP contribution is -2.47. The second-order valence-electron chi connectivity index (χ2n) is 7.80. The quantitative estimate of drug-likeness (QED) is 0.445. The molecule has 0 spiro atoms. The molecule has 172 valence electrons. The third-order valence-electron chi connectivity index (χ3n) is 5.47. The number of aromatic nitrogens is 2. The van der Waals surface area contributed by atoms with Crippen molar-refractivity contribution in [3.63, 3.8) is 0 Å². The van der Waals surface area contributed by atoms with Crippen LogP contribution in [0.25, 0.3) is 5.69 Å². The minimum absolute atomic E-state index is 0.00133. The van der Waals surface area contributed by atoms with E-state index in [2.05, 4.69) is 5.27 Å².